The number of halogens is 5. The van der Waals surface area contributed by atoms with E-state index in [9.17, 15) is 8.78 Å². The minimum absolute atomic E-state index is 0.0191. The van der Waals surface area contributed by atoms with Gasteiger partial charge in [0, 0.05) is 0 Å². The van der Waals surface area contributed by atoms with Crippen LogP contribution in [0.1, 0.15) is 114 Å². The maximum absolute atomic E-state index is 15.3. The first-order chi connectivity index (χ1) is 20.2. The average Bonchev–Trinajstić information content (AvgIpc) is 2.99. The van der Waals surface area contributed by atoms with Crippen LogP contribution in [0.15, 0.2) is 48.6 Å². The lowest BCUT2D eigenvalue weighted by molar-refractivity contribution is -0.242. The number of rotatable bonds is 13. The summed E-state index contributed by atoms with van der Waals surface area (Å²) in [4.78, 5) is 0. The van der Waals surface area contributed by atoms with E-state index in [0.717, 1.165) is 43.2 Å². The van der Waals surface area contributed by atoms with Gasteiger partial charge in [0.2, 0.25) is 0 Å². The van der Waals surface area contributed by atoms with E-state index in [-0.39, 0.29) is 24.7 Å². The van der Waals surface area contributed by atoms with E-state index in [0.29, 0.717) is 17.9 Å². The Morgan fingerprint density at radius 1 is 0.952 bits per heavy atom. The Labute approximate surface area is 247 Å². The molecule has 4 rings (SSSR count). The van der Waals surface area contributed by atoms with Crippen LogP contribution >= 0.6 is 0 Å². The van der Waals surface area contributed by atoms with Crippen LogP contribution in [-0.2, 0) is 4.74 Å². The van der Waals surface area contributed by atoms with E-state index in [4.69, 9.17) is 9.47 Å². The molecule has 7 heteroatoms. The second-order valence-corrected chi connectivity index (χ2v) is 12.0. The molecule has 0 radical (unpaired) electrons. The summed E-state index contributed by atoms with van der Waals surface area (Å²) in [5.41, 5.74) is 0.634. The highest BCUT2D eigenvalue weighted by Gasteiger charge is 2.45. The number of hydrogen-bond donors (Lipinski definition) is 0. The second-order valence-electron chi connectivity index (χ2n) is 12.0. The molecule has 2 atom stereocenters. The quantitative estimate of drug-likeness (QED) is 0.131. The Hall–Kier alpha value is -2.41. The van der Waals surface area contributed by atoms with Crippen LogP contribution in [0, 0.1) is 17.7 Å². The first-order valence-corrected chi connectivity index (χ1v) is 15.7. The molecule has 0 amide bonds. The van der Waals surface area contributed by atoms with Crippen LogP contribution in [0.25, 0.3) is 11.1 Å². The van der Waals surface area contributed by atoms with E-state index in [1.807, 2.05) is 31.2 Å². The molecule has 0 bridgehead atoms. The molecule has 232 valence electrons. The molecule has 1 saturated carbocycles. The molecule has 1 aliphatic heterocycles. The van der Waals surface area contributed by atoms with Gasteiger partial charge in [-0.1, -0.05) is 69.0 Å². The molecular weight excluding hydrogens is 547 g/mol. The zero-order valence-electron chi connectivity index (χ0n) is 24.9. The molecule has 0 aromatic heterocycles. The van der Waals surface area contributed by atoms with Crippen molar-refractivity contribution in [2.45, 2.75) is 115 Å². The third kappa shape index (κ3) is 8.36. The third-order valence-electron chi connectivity index (χ3n) is 9.10. The molecule has 2 unspecified atom stereocenters. The highest BCUT2D eigenvalue weighted by Crippen LogP contribution is 2.43. The maximum atomic E-state index is 15.3. The summed E-state index contributed by atoms with van der Waals surface area (Å²) in [7, 11) is 0. The third-order valence-corrected chi connectivity index (χ3v) is 9.10. The minimum Gasteiger partial charge on any atom is -0.429 e. The topological polar surface area (TPSA) is 18.5 Å². The van der Waals surface area contributed by atoms with Crippen molar-refractivity contribution in [3.05, 3.63) is 65.5 Å². The molecule has 0 N–H and O–H groups in total. The van der Waals surface area contributed by atoms with Crippen molar-refractivity contribution in [1.82, 2.24) is 0 Å². The Balaban J connectivity index is 1.41. The van der Waals surface area contributed by atoms with Crippen molar-refractivity contribution in [3.8, 4) is 16.9 Å². The molecule has 2 aliphatic rings. The van der Waals surface area contributed by atoms with Crippen molar-refractivity contribution in [2.24, 2.45) is 11.8 Å². The molecule has 2 aromatic carbocycles. The maximum Gasteiger partial charge on any atom is 0.403 e. The van der Waals surface area contributed by atoms with Crippen molar-refractivity contribution >= 4 is 0 Å². The standard InChI is InChI=1S/C35H45F5O2/c1-3-5-7-9-24-11-13-25(14-12-24)26-15-17-27(18-16-26)30-21-22-31(33(36)32(30)34(37)38)42-35(39,40)28-19-20-29(41-23-28)10-8-6-4-2/h4,6,15-18,21-22,24-25,28-29,34H,3,5,7-14,19-20,23H2,1-2H3/b6-4+. The lowest BCUT2D eigenvalue weighted by Gasteiger charge is -2.33. The number of hydrogen-bond acceptors (Lipinski definition) is 2. The van der Waals surface area contributed by atoms with Crippen LogP contribution in [0.4, 0.5) is 22.0 Å². The van der Waals surface area contributed by atoms with Crippen LogP contribution in [-0.4, -0.2) is 18.8 Å². The largest absolute Gasteiger partial charge is 0.429 e. The first kappa shape index (κ1) is 32.5. The predicted octanol–water partition coefficient (Wildman–Crippen LogP) is 11.4. The van der Waals surface area contributed by atoms with Gasteiger partial charge in [0.1, 0.15) is 0 Å². The van der Waals surface area contributed by atoms with Gasteiger partial charge in [0.05, 0.1) is 24.2 Å². The number of allylic oxidation sites excluding steroid dienone is 2. The average molecular weight is 593 g/mol. The first-order valence-electron chi connectivity index (χ1n) is 15.7. The van der Waals surface area contributed by atoms with Crippen LogP contribution in [0.2, 0.25) is 0 Å². The molecule has 0 spiro atoms. The fraction of sp³-hybridized carbons (Fsp3) is 0.600. The van der Waals surface area contributed by atoms with E-state index >= 15 is 13.2 Å². The van der Waals surface area contributed by atoms with E-state index < -0.39 is 35.6 Å². The van der Waals surface area contributed by atoms with Crippen LogP contribution < -0.4 is 4.74 Å². The Morgan fingerprint density at radius 2 is 1.69 bits per heavy atom. The van der Waals surface area contributed by atoms with Gasteiger partial charge in [-0.25, -0.2) is 13.2 Å². The van der Waals surface area contributed by atoms with Crippen molar-refractivity contribution in [3.63, 3.8) is 0 Å². The van der Waals surface area contributed by atoms with Crippen molar-refractivity contribution in [2.75, 3.05) is 6.61 Å². The van der Waals surface area contributed by atoms with Crippen molar-refractivity contribution in [1.29, 1.82) is 0 Å². The summed E-state index contributed by atoms with van der Waals surface area (Å²) < 4.78 is 84.0. The SMILES string of the molecule is C/C=C/CCC1CCC(C(F)(F)Oc2ccc(-c3ccc(C4CCC(CCCCC)CC4)cc3)c(C(F)F)c2F)CO1. The number of unbranched alkanes of at least 4 members (excludes halogenated alkanes) is 2. The summed E-state index contributed by atoms with van der Waals surface area (Å²) in [5.74, 6) is -2.40. The van der Waals surface area contributed by atoms with E-state index in [1.165, 1.54) is 44.6 Å². The van der Waals surface area contributed by atoms with Gasteiger partial charge in [-0.05, 0) is 98.9 Å². The lowest BCUT2D eigenvalue weighted by atomic mass is 9.77. The smallest absolute Gasteiger partial charge is 0.403 e. The van der Waals surface area contributed by atoms with Gasteiger partial charge in [-0.3, -0.25) is 0 Å². The molecule has 42 heavy (non-hydrogen) atoms. The summed E-state index contributed by atoms with van der Waals surface area (Å²) >= 11 is 0. The number of ether oxygens (including phenoxy) is 2. The Kier molecular flexibility index (Phi) is 11.9. The molecule has 1 saturated heterocycles. The van der Waals surface area contributed by atoms with Gasteiger partial charge in [-0.2, -0.15) is 8.78 Å². The van der Waals surface area contributed by atoms with Crippen LogP contribution in [0.3, 0.4) is 0 Å². The molecular formula is C35H45F5O2. The molecule has 2 fully saturated rings. The van der Waals surface area contributed by atoms with E-state index in [2.05, 4.69) is 6.92 Å². The summed E-state index contributed by atoms with van der Waals surface area (Å²) in [6.45, 7) is 3.90. The van der Waals surface area contributed by atoms with Gasteiger partial charge in [-0.15, -0.1) is 0 Å². The van der Waals surface area contributed by atoms with Gasteiger partial charge < -0.3 is 9.47 Å². The summed E-state index contributed by atoms with van der Waals surface area (Å²) in [6.07, 6.45) is 8.67. The minimum atomic E-state index is -3.76. The van der Waals surface area contributed by atoms with Gasteiger partial charge >= 0.3 is 6.11 Å². The fourth-order valence-electron chi connectivity index (χ4n) is 6.50. The fourth-order valence-corrected chi connectivity index (χ4v) is 6.50. The molecule has 1 heterocycles. The molecule has 2 nitrogen and oxygen atoms in total. The van der Waals surface area contributed by atoms with E-state index in [1.54, 1.807) is 12.1 Å². The van der Waals surface area contributed by atoms with Gasteiger partial charge in [0.15, 0.2) is 11.6 Å². The normalized spacial score (nSPS) is 23.5. The Morgan fingerprint density at radius 3 is 2.31 bits per heavy atom. The zero-order valence-corrected chi connectivity index (χ0v) is 24.9. The summed E-state index contributed by atoms with van der Waals surface area (Å²) in [5, 5.41) is 0. The van der Waals surface area contributed by atoms with Crippen molar-refractivity contribution < 1.29 is 31.4 Å². The number of benzene rings is 2. The Bertz CT molecular complexity index is 1130. The highest BCUT2D eigenvalue weighted by atomic mass is 19.3. The lowest BCUT2D eigenvalue weighted by Crippen LogP contribution is -2.41. The predicted molar refractivity (Wildman–Crippen MR) is 158 cm³/mol. The van der Waals surface area contributed by atoms with Gasteiger partial charge in [0.25, 0.3) is 6.43 Å². The summed E-state index contributed by atoms with van der Waals surface area (Å²) in [6, 6.07) is 9.59. The zero-order chi connectivity index (χ0) is 30.1. The number of alkyl halides is 4. The monoisotopic (exact) mass is 592 g/mol. The molecule has 2 aromatic rings. The molecule has 1 aliphatic carbocycles. The second kappa shape index (κ2) is 15.4. The van der Waals surface area contributed by atoms with Crippen LogP contribution in [0.5, 0.6) is 5.75 Å². The highest BCUT2D eigenvalue weighted by molar-refractivity contribution is 5.69.